The standard InChI is InChI=1S/C16H22N4O2/c1-20-6-4-11(5-7-20)19-16-12-8-14(21-2)15(22-3)9-13(12)17-10-18-16/h8-11H,4-7H2,1-3H3,(H,17,18,19). The maximum absolute atomic E-state index is 5.39. The molecule has 22 heavy (non-hydrogen) atoms. The average Bonchev–Trinajstić information content (AvgIpc) is 2.56. The summed E-state index contributed by atoms with van der Waals surface area (Å²) in [5, 5.41) is 4.52. The van der Waals surface area contributed by atoms with Gasteiger partial charge in [0.05, 0.1) is 19.7 Å². The Morgan fingerprint density at radius 1 is 1.09 bits per heavy atom. The molecule has 1 aromatic heterocycles. The molecule has 3 rings (SSSR count). The van der Waals surface area contributed by atoms with E-state index in [2.05, 4.69) is 27.2 Å². The van der Waals surface area contributed by atoms with E-state index in [0.717, 1.165) is 42.7 Å². The van der Waals surface area contributed by atoms with Gasteiger partial charge in [0.15, 0.2) is 11.5 Å². The van der Waals surface area contributed by atoms with E-state index in [4.69, 9.17) is 9.47 Å². The summed E-state index contributed by atoms with van der Waals surface area (Å²) in [4.78, 5) is 11.1. The normalized spacial score (nSPS) is 16.7. The third-order valence-electron chi connectivity index (χ3n) is 4.20. The smallest absolute Gasteiger partial charge is 0.162 e. The molecule has 0 bridgehead atoms. The number of rotatable bonds is 4. The maximum atomic E-state index is 5.39. The minimum absolute atomic E-state index is 0.447. The van der Waals surface area contributed by atoms with Crippen LogP contribution in [0.4, 0.5) is 5.82 Å². The highest BCUT2D eigenvalue weighted by Gasteiger charge is 2.18. The third-order valence-corrected chi connectivity index (χ3v) is 4.20. The summed E-state index contributed by atoms with van der Waals surface area (Å²) >= 11 is 0. The van der Waals surface area contributed by atoms with Gasteiger partial charge in [-0.1, -0.05) is 0 Å². The van der Waals surface area contributed by atoms with Crippen LogP contribution in [-0.4, -0.2) is 55.3 Å². The number of likely N-dealkylation sites (tertiary alicyclic amines) is 1. The van der Waals surface area contributed by atoms with Gasteiger partial charge in [0.25, 0.3) is 0 Å². The Bertz CT molecular complexity index is 654. The van der Waals surface area contributed by atoms with Crippen molar-refractivity contribution in [3.63, 3.8) is 0 Å². The van der Waals surface area contributed by atoms with Crippen LogP contribution < -0.4 is 14.8 Å². The first kappa shape index (κ1) is 14.8. The molecule has 118 valence electrons. The summed E-state index contributed by atoms with van der Waals surface area (Å²) in [6.45, 7) is 2.22. The lowest BCUT2D eigenvalue weighted by molar-refractivity contribution is 0.263. The summed E-state index contributed by atoms with van der Waals surface area (Å²) < 4.78 is 10.7. The van der Waals surface area contributed by atoms with Gasteiger partial charge in [-0.15, -0.1) is 0 Å². The Kier molecular flexibility index (Phi) is 4.29. The Balaban J connectivity index is 1.92. The highest BCUT2D eigenvalue weighted by atomic mass is 16.5. The minimum Gasteiger partial charge on any atom is -0.493 e. The third kappa shape index (κ3) is 2.92. The van der Waals surface area contributed by atoms with Crippen LogP contribution in [0.5, 0.6) is 11.5 Å². The van der Waals surface area contributed by atoms with Crippen molar-refractivity contribution in [1.82, 2.24) is 14.9 Å². The van der Waals surface area contributed by atoms with E-state index >= 15 is 0 Å². The molecule has 0 saturated carbocycles. The van der Waals surface area contributed by atoms with Gasteiger partial charge in [-0.2, -0.15) is 0 Å². The predicted molar refractivity (Wildman–Crippen MR) is 86.8 cm³/mol. The fourth-order valence-electron chi connectivity index (χ4n) is 2.84. The molecule has 0 amide bonds. The zero-order valence-electron chi connectivity index (χ0n) is 13.3. The predicted octanol–water partition coefficient (Wildman–Crippen LogP) is 2.15. The van der Waals surface area contributed by atoms with Crippen LogP contribution in [0.2, 0.25) is 0 Å². The molecular formula is C16H22N4O2. The van der Waals surface area contributed by atoms with Crippen LogP contribution in [0, 0.1) is 0 Å². The topological polar surface area (TPSA) is 59.5 Å². The van der Waals surface area contributed by atoms with E-state index in [1.165, 1.54) is 0 Å². The largest absolute Gasteiger partial charge is 0.493 e. The lowest BCUT2D eigenvalue weighted by Gasteiger charge is -2.30. The van der Waals surface area contributed by atoms with Crippen LogP contribution in [0.1, 0.15) is 12.8 Å². The molecule has 0 radical (unpaired) electrons. The van der Waals surface area contributed by atoms with Gasteiger partial charge in [0, 0.05) is 17.5 Å². The summed E-state index contributed by atoms with van der Waals surface area (Å²) in [6.07, 6.45) is 3.83. The molecule has 0 unspecified atom stereocenters. The first-order valence-electron chi connectivity index (χ1n) is 7.53. The number of aromatic nitrogens is 2. The number of methoxy groups -OCH3 is 2. The van der Waals surface area contributed by atoms with Crippen molar-refractivity contribution < 1.29 is 9.47 Å². The van der Waals surface area contributed by atoms with E-state index in [9.17, 15) is 0 Å². The van der Waals surface area contributed by atoms with E-state index < -0.39 is 0 Å². The van der Waals surface area contributed by atoms with E-state index in [1.807, 2.05) is 12.1 Å². The van der Waals surface area contributed by atoms with Crippen LogP contribution in [0.25, 0.3) is 10.9 Å². The molecule has 0 aliphatic carbocycles. The van der Waals surface area contributed by atoms with Gasteiger partial charge in [0.2, 0.25) is 0 Å². The SMILES string of the molecule is COc1cc2ncnc(NC3CCN(C)CC3)c2cc1OC. The maximum Gasteiger partial charge on any atom is 0.162 e. The zero-order chi connectivity index (χ0) is 15.5. The van der Waals surface area contributed by atoms with Crippen molar-refractivity contribution >= 4 is 16.7 Å². The van der Waals surface area contributed by atoms with Gasteiger partial charge in [0.1, 0.15) is 12.1 Å². The van der Waals surface area contributed by atoms with Crippen molar-refractivity contribution in [3.05, 3.63) is 18.5 Å². The fourth-order valence-corrected chi connectivity index (χ4v) is 2.84. The number of hydrogen-bond acceptors (Lipinski definition) is 6. The van der Waals surface area contributed by atoms with E-state index in [0.29, 0.717) is 17.5 Å². The Labute approximate surface area is 130 Å². The number of ether oxygens (including phenoxy) is 2. The van der Waals surface area contributed by atoms with Gasteiger partial charge >= 0.3 is 0 Å². The molecule has 0 atom stereocenters. The first-order chi connectivity index (χ1) is 10.7. The number of nitrogens with zero attached hydrogens (tertiary/aromatic N) is 3. The lowest BCUT2D eigenvalue weighted by atomic mass is 10.1. The van der Waals surface area contributed by atoms with Crippen molar-refractivity contribution in [1.29, 1.82) is 0 Å². The molecule has 6 nitrogen and oxygen atoms in total. The number of nitrogens with one attached hydrogen (secondary N) is 1. The molecule has 2 aromatic rings. The average molecular weight is 302 g/mol. The van der Waals surface area contributed by atoms with E-state index in [1.54, 1.807) is 20.5 Å². The first-order valence-corrected chi connectivity index (χ1v) is 7.53. The fraction of sp³-hybridized carbons (Fsp3) is 0.500. The molecule has 1 aromatic carbocycles. The minimum atomic E-state index is 0.447. The molecule has 1 saturated heterocycles. The second-order valence-electron chi connectivity index (χ2n) is 5.67. The number of hydrogen-bond donors (Lipinski definition) is 1. The Morgan fingerprint density at radius 2 is 1.77 bits per heavy atom. The molecule has 1 N–H and O–H groups in total. The highest BCUT2D eigenvalue weighted by Crippen LogP contribution is 2.34. The molecular weight excluding hydrogens is 280 g/mol. The lowest BCUT2D eigenvalue weighted by Crippen LogP contribution is -2.36. The van der Waals surface area contributed by atoms with Gasteiger partial charge in [-0.3, -0.25) is 0 Å². The van der Waals surface area contributed by atoms with Crippen LogP contribution in [-0.2, 0) is 0 Å². The number of anilines is 1. The van der Waals surface area contributed by atoms with Crippen LogP contribution in [0.3, 0.4) is 0 Å². The van der Waals surface area contributed by atoms with Crippen LogP contribution >= 0.6 is 0 Å². The Morgan fingerprint density at radius 3 is 2.45 bits per heavy atom. The zero-order valence-corrected chi connectivity index (χ0v) is 13.3. The van der Waals surface area contributed by atoms with Gasteiger partial charge < -0.3 is 19.7 Å². The molecule has 6 heteroatoms. The summed E-state index contributed by atoms with van der Waals surface area (Å²) in [7, 11) is 5.42. The number of fused-ring (bicyclic) bond motifs is 1. The molecule has 1 fully saturated rings. The Hall–Kier alpha value is -2.08. The highest BCUT2D eigenvalue weighted by molar-refractivity contribution is 5.91. The number of benzene rings is 1. The van der Waals surface area contributed by atoms with E-state index in [-0.39, 0.29) is 0 Å². The molecule has 2 heterocycles. The van der Waals surface area contributed by atoms with Crippen molar-refractivity contribution in [2.24, 2.45) is 0 Å². The van der Waals surface area contributed by atoms with Gasteiger partial charge in [-0.05, 0) is 39.0 Å². The second-order valence-corrected chi connectivity index (χ2v) is 5.67. The second kappa shape index (κ2) is 6.36. The van der Waals surface area contributed by atoms with Crippen molar-refractivity contribution in [2.75, 3.05) is 39.7 Å². The summed E-state index contributed by atoms with van der Waals surface area (Å²) in [5.41, 5.74) is 0.850. The molecule has 1 aliphatic heterocycles. The summed E-state index contributed by atoms with van der Waals surface area (Å²) in [5.74, 6) is 2.23. The monoisotopic (exact) mass is 302 g/mol. The van der Waals surface area contributed by atoms with Crippen molar-refractivity contribution in [2.45, 2.75) is 18.9 Å². The molecule has 0 spiro atoms. The number of piperidine rings is 1. The summed E-state index contributed by atoms with van der Waals surface area (Å²) in [6, 6.07) is 4.27. The van der Waals surface area contributed by atoms with Crippen LogP contribution in [0.15, 0.2) is 18.5 Å². The quantitative estimate of drug-likeness (QED) is 0.934. The molecule has 1 aliphatic rings. The van der Waals surface area contributed by atoms with Gasteiger partial charge in [-0.25, -0.2) is 9.97 Å². The van der Waals surface area contributed by atoms with Crippen molar-refractivity contribution in [3.8, 4) is 11.5 Å².